The van der Waals surface area contributed by atoms with E-state index in [9.17, 15) is 18.0 Å². The first-order valence-corrected chi connectivity index (χ1v) is 11.3. The summed E-state index contributed by atoms with van der Waals surface area (Å²) in [6.07, 6.45) is -2.58. The topological polar surface area (TPSA) is 80.9 Å². The Labute approximate surface area is 186 Å². The molecule has 0 saturated carbocycles. The number of nitrogens with zero attached hydrogens (tertiary/aromatic N) is 2. The molecule has 1 aromatic heterocycles. The monoisotopic (exact) mass is 464 g/mol. The van der Waals surface area contributed by atoms with Gasteiger partial charge in [0.05, 0.1) is 5.56 Å². The minimum absolute atomic E-state index is 0.158. The lowest BCUT2D eigenvalue weighted by Gasteiger charge is -2.14. The standard InChI is InChI=1S/C21H19F3N4OS2/c1-30-20-27-18(26-11-13-7-9-15(10-8-13)21(22,23)24)16(17(25)29)19(28-20)31-12-14-5-3-2-4-6-14/h2-10H,11-12H2,1H3,(H2,25,29)(H,26,27,28). The molecule has 0 fully saturated rings. The first-order valence-electron chi connectivity index (χ1n) is 9.10. The maximum Gasteiger partial charge on any atom is 0.416 e. The number of primary amides is 1. The first kappa shape index (κ1) is 23.0. The van der Waals surface area contributed by atoms with Crippen molar-refractivity contribution in [1.82, 2.24) is 9.97 Å². The number of nitrogens with two attached hydrogens (primary N) is 1. The van der Waals surface area contributed by atoms with E-state index in [2.05, 4.69) is 15.3 Å². The average molecular weight is 465 g/mol. The molecule has 0 atom stereocenters. The van der Waals surface area contributed by atoms with Gasteiger partial charge in [0.2, 0.25) is 0 Å². The van der Waals surface area contributed by atoms with Crippen molar-refractivity contribution in [3.8, 4) is 0 Å². The van der Waals surface area contributed by atoms with E-state index in [1.807, 2.05) is 36.6 Å². The minimum atomic E-state index is -4.39. The third kappa shape index (κ3) is 6.14. The van der Waals surface area contributed by atoms with Crippen LogP contribution in [0.1, 0.15) is 27.0 Å². The molecule has 0 radical (unpaired) electrons. The average Bonchev–Trinajstić information content (AvgIpc) is 2.76. The van der Waals surface area contributed by atoms with E-state index in [1.54, 1.807) is 0 Å². The van der Waals surface area contributed by atoms with Crippen LogP contribution in [0.25, 0.3) is 0 Å². The molecule has 5 nitrogen and oxygen atoms in total. The summed E-state index contributed by atoms with van der Waals surface area (Å²) in [6, 6.07) is 14.5. The van der Waals surface area contributed by atoms with Crippen LogP contribution >= 0.6 is 23.5 Å². The molecular weight excluding hydrogens is 445 g/mol. The quantitative estimate of drug-likeness (QED) is 0.270. The third-order valence-electron chi connectivity index (χ3n) is 4.24. The molecule has 3 rings (SSSR count). The van der Waals surface area contributed by atoms with E-state index in [1.165, 1.54) is 35.7 Å². The minimum Gasteiger partial charge on any atom is -0.365 e. The van der Waals surface area contributed by atoms with E-state index < -0.39 is 17.6 Å². The largest absolute Gasteiger partial charge is 0.416 e. The number of rotatable bonds is 8. The predicted molar refractivity (Wildman–Crippen MR) is 117 cm³/mol. The molecule has 0 saturated heterocycles. The highest BCUT2D eigenvalue weighted by Gasteiger charge is 2.30. The van der Waals surface area contributed by atoms with Crippen LogP contribution in [0.5, 0.6) is 0 Å². The summed E-state index contributed by atoms with van der Waals surface area (Å²) in [5, 5.41) is 3.93. The maximum absolute atomic E-state index is 12.7. The zero-order chi connectivity index (χ0) is 22.4. The summed E-state index contributed by atoms with van der Waals surface area (Å²) in [5.41, 5.74) is 6.71. The lowest BCUT2D eigenvalue weighted by Crippen LogP contribution is -2.18. The molecule has 3 aromatic rings. The Bertz CT molecular complexity index is 1040. The van der Waals surface area contributed by atoms with Crippen molar-refractivity contribution in [2.24, 2.45) is 5.73 Å². The highest BCUT2D eigenvalue weighted by Crippen LogP contribution is 2.31. The van der Waals surface area contributed by atoms with Crippen LogP contribution in [0.2, 0.25) is 0 Å². The highest BCUT2D eigenvalue weighted by molar-refractivity contribution is 7.99. The van der Waals surface area contributed by atoms with Crippen molar-refractivity contribution in [3.05, 3.63) is 76.9 Å². The first-order chi connectivity index (χ1) is 14.8. The fourth-order valence-electron chi connectivity index (χ4n) is 2.69. The summed E-state index contributed by atoms with van der Waals surface area (Å²) in [4.78, 5) is 21.0. The molecule has 0 aliphatic rings. The Morgan fingerprint density at radius 1 is 1.03 bits per heavy atom. The number of hydrogen-bond acceptors (Lipinski definition) is 6. The van der Waals surface area contributed by atoms with Gasteiger partial charge in [0, 0.05) is 12.3 Å². The fourth-order valence-corrected chi connectivity index (χ4v) is 4.10. The predicted octanol–water partition coefficient (Wildman–Crippen LogP) is 5.22. The van der Waals surface area contributed by atoms with E-state index in [-0.39, 0.29) is 17.9 Å². The Morgan fingerprint density at radius 3 is 2.29 bits per heavy atom. The van der Waals surface area contributed by atoms with E-state index in [0.29, 0.717) is 21.5 Å². The van der Waals surface area contributed by atoms with Gasteiger partial charge in [0.15, 0.2) is 5.16 Å². The van der Waals surface area contributed by atoms with Crippen molar-refractivity contribution in [2.45, 2.75) is 28.7 Å². The van der Waals surface area contributed by atoms with Gasteiger partial charge in [0.25, 0.3) is 5.91 Å². The molecule has 2 aromatic carbocycles. The summed E-state index contributed by atoms with van der Waals surface area (Å²) < 4.78 is 38.2. The number of amides is 1. The number of halogens is 3. The van der Waals surface area contributed by atoms with Crippen LogP contribution in [0.4, 0.5) is 19.0 Å². The molecular formula is C21H19F3N4OS2. The molecule has 0 aliphatic carbocycles. The second-order valence-corrected chi connectivity index (χ2v) is 8.16. The summed E-state index contributed by atoms with van der Waals surface area (Å²) in [5.74, 6) is 0.157. The van der Waals surface area contributed by atoms with Crippen LogP contribution < -0.4 is 11.1 Å². The number of carbonyl (C=O) groups is 1. The van der Waals surface area contributed by atoms with Gasteiger partial charge < -0.3 is 11.1 Å². The normalized spacial score (nSPS) is 11.4. The number of aromatic nitrogens is 2. The van der Waals surface area contributed by atoms with Crippen molar-refractivity contribution >= 4 is 35.2 Å². The van der Waals surface area contributed by atoms with Crippen molar-refractivity contribution in [3.63, 3.8) is 0 Å². The number of hydrogen-bond donors (Lipinski definition) is 2. The number of benzene rings is 2. The Kier molecular flexibility index (Phi) is 7.45. The fraction of sp³-hybridized carbons (Fsp3) is 0.190. The molecule has 3 N–H and O–H groups in total. The summed E-state index contributed by atoms with van der Waals surface area (Å²) in [7, 11) is 0. The van der Waals surface area contributed by atoms with Gasteiger partial charge >= 0.3 is 6.18 Å². The van der Waals surface area contributed by atoms with Gasteiger partial charge in [-0.2, -0.15) is 13.2 Å². The van der Waals surface area contributed by atoms with E-state index >= 15 is 0 Å². The van der Waals surface area contributed by atoms with Gasteiger partial charge in [-0.15, -0.1) is 11.8 Å². The smallest absolute Gasteiger partial charge is 0.365 e. The SMILES string of the molecule is CSc1nc(NCc2ccc(C(F)(F)F)cc2)c(C(N)=O)c(SCc2ccccc2)n1. The van der Waals surface area contributed by atoms with E-state index in [4.69, 9.17) is 5.73 Å². The molecule has 0 bridgehead atoms. The Hall–Kier alpha value is -2.72. The second-order valence-electron chi connectivity index (χ2n) is 6.43. The van der Waals surface area contributed by atoms with Crippen LogP contribution in [-0.4, -0.2) is 22.1 Å². The molecule has 162 valence electrons. The van der Waals surface area contributed by atoms with Crippen molar-refractivity contribution in [2.75, 3.05) is 11.6 Å². The van der Waals surface area contributed by atoms with Crippen LogP contribution in [0.15, 0.2) is 64.8 Å². The number of carbonyl (C=O) groups excluding carboxylic acids is 1. The zero-order valence-electron chi connectivity index (χ0n) is 16.4. The van der Waals surface area contributed by atoms with Crippen LogP contribution in [0, 0.1) is 0 Å². The highest BCUT2D eigenvalue weighted by atomic mass is 32.2. The maximum atomic E-state index is 12.7. The van der Waals surface area contributed by atoms with Crippen molar-refractivity contribution < 1.29 is 18.0 Å². The Balaban J connectivity index is 1.83. The van der Waals surface area contributed by atoms with Gasteiger partial charge in [-0.05, 0) is 29.5 Å². The number of anilines is 1. The van der Waals surface area contributed by atoms with Crippen LogP contribution in [0.3, 0.4) is 0 Å². The van der Waals surface area contributed by atoms with Gasteiger partial charge in [-0.3, -0.25) is 4.79 Å². The second kappa shape index (κ2) is 10.1. The molecule has 31 heavy (non-hydrogen) atoms. The van der Waals surface area contributed by atoms with Gasteiger partial charge in [-0.25, -0.2) is 9.97 Å². The molecule has 0 unspecified atom stereocenters. The number of nitrogens with one attached hydrogen (secondary N) is 1. The molecule has 0 aliphatic heterocycles. The summed E-state index contributed by atoms with van der Waals surface area (Å²) in [6.45, 7) is 0.173. The number of thioether (sulfide) groups is 2. The Morgan fingerprint density at radius 2 is 1.71 bits per heavy atom. The zero-order valence-corrected chi connectivity index (χ0v) is 18.1. The summed E-state index contributed by atoms with van der Waals surface area (Å²) >= 11 is 2.68. The number of alkyl halides is 3. The third-order valence-corrected chi connectivity index (χ3v) is 5.84. The van der Waals surface area contributed by atoms with Gasteiger partial charge in [0.1, 0.15) is 16.4 Å². The lowest BCUT2D eigenvalue weighted by atomic mass is 10.1. The molecule has 10 heteroatoms. The molecule has 1 amide bonds. The lowest BCUT2D eigenvalue weighted by molar-refractivity contribution is -0.137. The van der Waals surface area contributed by atoms with Crippen molar-refractivity contribution in [1.29, 1.82) is 0 Å². The van der Waals surface area contributed by atoms with Crippen LogP contribution in [-0.2, 0) is 18.5 Å². The van der Waals surface area contributed by atoms with E-state index in [0.717, 1.165) is 17.7 Å². The molecule has 1 heterocycles. The van der Waals surface area contributed by atoms with Gasteiger partial charge in [-0.1, -0.05) is 54.2 Å². The molecule has 0 spiro atoms.